The van der Waals surface area contributed by atoms with E-state index in [2.05, 4.69) is 10.3 Å². The van der Waals surface area contributed by atoms with Crippen LogP contribution in [0.25, 0.3) is 11.0 Å². The maximum absolute atomic E-state index is 12.7. The summed E-state index contributed by atoms with van der Waals surface area (Å²) in [5.41, 5.74) is 2.47. The number of para-hydroxylation sites is 2. The van der Waals surface area contributed by atoms with Crippen LogP contribution in [0.4, 0.5) is 0 Å². The molecule has 3 heterocycles. The topological polar surface area (TPSA) is 97.2 Å². The predicted molar refractivity (Wildman–Crippen MR) is 111 cm³/mol. The van der Waals surface area contributed by atoms with Crippen molar-refractivity contribution in [2.45, 2.75) is 26.3 Å². The number of rotatable bonds is 6. The summed E-state index contributed by atoms with van der Waals surface area (Å²) in [6.45, 7) is 4.05. The van der Waals surface area contributed by atoms with Gasteiger partial charge in [-0.1, -0.05) is 26.0 Å². The molecule has 1 aliphatic heterocycles. The maximum atomic E-state index is 12.7. The quantitative estimate of drug-likeness (QED) is 0.636. The summed E-state index contributed by atoms with van der Waals surface area (Å²) >= 11 is 0. The normalized spacial score (nSPS) is 14.5. The molecule has 0 saturated heterocycles. The van der Waals surface area contributed by atoms with E-state index in [1.54, 1.807) is 0 Å². The molecule has 0 bridgehead atoms. The lowest BCUT2D eigenvalue weighted by Gasteiger charge is -2.23. The zero-order chi connectivity index (χ0) is 21.4. The Kier molecular flexibility index (Phi) is 5.07. The van der Waals surface area contributed by atoms with Crippen LogP contribution < -0.4 is 5.32 Å². The molecule has 1 atom stereocenters. The van der Waals surface area contributed by atoms with E-state index in [-0.39, 0.29) is 42.3 Å². The molecule has 3 amide bonds. The maximum Gasteiger partial charge on any atom is 0.263 e. The SMILES string of the molecule is CC(C)[C@H](NC(=O)CCN1C(=O)c2ccncc2C1=O)c1nc2ccccc2n1C. The van der Waals surface area contributed by atoms with Gasteiger partial charge in [0.1, 0.15) is 5.82 Å². The first-order valence-corrected chi connectivity index (χ1v) is 9.89. The van der Waals surface area contributed by atoms with Crippen molar-refractivity contribution in [2.24, 2.45) is 13.0 Å². The zero-order valence-electron chi connectivity index (χ0n) is 17.1. The molecule has 0 spiro atoms. The number of imidazole rings is 1. The number of pyridine rings is 1. The van der Waals surface area contributed by atoms with Gasteiger partial charge in [0.05, 0.1) is 28.2 Å². The number of nitrogens with zero attached hydrogens (tertiary/aromatic N) is 4. The number of aromatic nitrogens is 3. The zero-order valence-corrected chi connectivity index (χ0v) is 17.1. The molecular formula is C22H23N5O3. The highest BCUT2D eigenvalue weighted by atomic mass is 16.2. The number of carbonyl (C=O) groups is 3. The van der Waals surface area contributed by atoms with Crippen LogP contribution in [0.15, 0.2) is 42.7 Å². The minimum absolute atomic E-state index is 0.0194. The third kappa shape index (κ3) is 3.34. The van der Waals surface area contributed by atoms with Crippen LogP contribution in [-0.2, 0) is 11.8 Å². The van der Waals surface area contributed by atoms with Crippen LogP contribution >= 0.6 is 0 Å². The summed E-state index contributed by atoms with van der Waals surface area (Å²) in [6.07, 6.45) is 2.88. The molecule has 154 valence electrons. The molecule has 1 N–H and O–H groups in total. The van der Waals surface area contributed by atoms with Gasteiger partial charge in [-0.25, -0.2) is 4.98 Å². The minimum Gasteiger partial charge on any atom is -0.346 e. The second kappa shape index (κ2) is 7.70. The van der Waals surface area contributed by atoms with Crippen LogP contribution in [0.5, 0.6) is 0 Å². The van der Waals surface area contributed by atoms with Gasteiger partial charge < -0.3 is 9.88 Å². The number of carbonyl (C=O) groups excluding carboxylic acids is 3. The van der Waals surface area contributed by atoms with Gasteiger partial charge in [0.15, 0.2) is 0 Å². The second-order valence-corrected chi connectivity index (χ2v) is 7.74. The Balaban J connectivity index is 1.46. The Labute approximate surface area is 173 Å². The Hall–Kier alpha value is -3.55. The van der Waals surface area contributed by atoms with Crippen molar-refractivity contribution in [3.8, 4) is 0 Å². The largest absolute Gasteiger partial charge is 0.346 e. The number of amides is 3. The van der Waals surface area contributed by atoms with E-state index in [1.165, 1.54) is 18.5 Å². The van der Waals surface area contributed by atoms with Crippen LogP contribution in [-0.4, -0.2) is 43.7 Å². The van der Waals surface area contributed by atoms with E-state index >= 15 is 0 Å². The summed E-state index contributed by atoms with van der Waals surface area (Å²) < 4.78 is 1.98. The van der Waals surface area contributed by atoms with E-state index in [9.17, 15) is 14.4 Å². The van der Waals surface area contributed by atoms with E-state index < -0.39 is 5.91 Å². The Morgan fingerprint density at radius 2 is 1.83 bits per heavy atom. The monoisotopic (exact) mass is 405 g/mol. The van der Waals surface area contributed by atoms with Gasteiger partial charge in [0.25, 0.3) is 11.8 Å². The van der Waals surface area contributed by atoms with Gasteiger partial charge in [-0.15, -0.1) is 0 Å². The molecule has 2 aromatic heterocycles. The number of benzene rings is 1. The van der Waals surface area contributed by atoms with Gasteiger partial charge in [0.2, 0.25) is 5.91 Å². The van der Waals surface area contributed by atoms with Crippen molar-refractivity contribution in [1.29, 1.82) is 0 Å². The van der Waals surface area contributed by atoms with Crippen molar-refractivity contribution < 1.29 is 14.4 Å². The lowest BCUT2D eigenvalue weighted by molar-refractivity contribution is -0.122. The standard InChI is InChI=1S/C22H23N5O3/c1-13(2)19(20-24-16-6-4-5-7-17(16)26(20)3)25-18(28)9-11-27-21(29)14-8-10-23-12-15(14)22(27)30/h4-8,10,12-13,19H,9,11H2,1-3H3,(H,25,28)/t19-/m0/s1. The van der Waals surface area contributed by atoms with E-state index in [4.69, 9.17) is 4.98 Å². The van der Waals surface area contributed by atoms with E-state index in [0.29, 0.717) is 5.56 Å². The third-order valence-electron chi connectivity index (χ3n) is 5.42. The molecule has 4 rings (SSSR count). The van der Waals surface area contributed by atoms with Crippen LogP contribution in [0.1, 0.15) is 52.9 Å². The number of fused-ring (bicyclic) bond motifs is 2. The first kappa shape index (κ1) is 19.8. The lowest BCUT2D eigenvalue weighted by atomic mass is 10.0. The van der Waals surface area contributed by atoms with Crippen molar-refractivity contribution in [3.05, 3.63) is 59.7 Å². The molecule has 8 heteroatoms. The first-order valence-electron chi connectivity index (χ1n) is 9.89. The van der Waals surface area contributed by atoms with Gasteiger partial charge in [-0.3, -0.25) is 24.3 Å². The molecule has 0 unspecified atom stereocenters. The Bertz CT molecular complexity index is 1120. The fourth-order valence-electron chi connectivity index (χ4n) is 3.77. The van der Waals surface area contributed by atoms with Crippen molar-refractivity contribution in [2.75, 3.05) is 6.54 Å². The average Bonchev–Trinajstić information content (AvgIpc) is 3.19. The number of imide groups is 1. The summed E-state index contributed by atoms with van der Waals surface area (Å²) in [5.74, 6) is -0.163. The highest BCUT2D eigenvalue weighted by Crippen LogP contribution is 2.25. The minimum atomic E-state index is -0.410. The number of hydrogen-bond donors (Lipinski definition) is 1. The lowest BCUT2D eigenvalue weighted by Crippen LogP contribution is -2.37. The molecule has 8 nitrogen and oxygen atoms in total. The van der Waals surface area contributed by atoms with Crippen LogP contribution in [0.3, 0.4) is 0 Å². The molecule has 1 aliphatic rings. The van der Waals surface area contributed by atoms with Gasteiger partial charge in [0, 0.05) is 32.4 Å². The van der Waals surface area contributed by atoms with E-state index in [1.807, 2.05) is 49.7 Å². The fraction of sp³-hybridized carbons (Fsp3) is 0.318. The summed E-state index contributed by atoms with van der Waals surface area (Å²) in [6, 6.07) is 9.04. The predicted octanol–water partition coefficient (Wildman–Crippen LogP) is 2.47. The molecule has 0 fully saturated rings. The van der Waals surface area contributed by atoms with Crippen molar-refractivity contribution >= 4 is 28.8 Å². The summed E-state index contributed by atoms with van der Waals surface area (Å²) in [7, 11) is 1.93. The first-order chi connectivity index (χ1) is 14.4. The molecule has 3 aromatic rings. The van der Waals surface area contributed by atoms with Crippen molar-refractivity contribution in [1.82, 2.24) is 24.8 Å². The second-order valence-electron chi connectivity index (χ2n) is 7.74. The molecular weight excluding hydrogens is 382 g/mol. The average molecular weight is 405 g/mol. The van der Waals surface area contributed by atoms with Gasteiger partial charge in [-0.05, 0) is 24.1 Å². The molecule has 30 heavy (non-hydrogen) atoms. The van der Waals surface area contributed by atoms with E-state index in [0.717, 1.165) is 21.8 Å². The number of aryl methyl sites for hydroxylation is 1. The van der Waals surface area contributed by atoms with Gasteiger partial charge >= 0.3 is 0 Å². The van der Waals surface area contributed by atoms with Crippen molar-refractivity contribution in [3.63, 3.8) is 0 Å². The number of hydrogen-bond acceptors (Lipinski definition) is 5. The smallest absolute Gasteiger partial charge is 0.263 e. The van der Waals surface area contributed by atoms with Crippen LogP contribution in [0, 0.1) is 5.92 Å². The molecule has 0 aliphatic carbocycles. The number of nitrogens with one attached hydrogen (secondary N) is 1. The van der Waals surface area contributed by atoms with Crippen LogP contribution in [0.2, 0.25) is 0 Å². The third-order valence-corrected chi connectivity index (χ3v) is 5.42. The molecule has 0 saturated carbocycles. The molecule has 0 radical (unpaired) electrons. The Morgan fingerprint density at radius 3 is 2.53 bits per heavy atom. The fourth-order valence-corrected chi connectivity index (χ4v) is 3.77. The summed E-state index contributed by atoms with van der Waals surface area (Å²) in [5, 5.41) is 3.03. The highest BCUT2D eigenvalue weighted by molar-refractivity contribution is 6.21. The van der Waals surface area contributed by atoms with Gasteiger partial charge in [-0.2, -0.15) is 0 Å². The Morgan fingerprint density at radius 1 is 1.10 bits per heavy atom. The highest BCUT2D eigenvalue weighted by Gasteiger charge is 2.35. The molecule has 1 aromatic carbocycles. The summed E-state index contributed by atoms with van der Waals surface area (Å²) in [4.78, 5) is 47.3.